The lowest BCUT2D eigenvalue weighted by atomic mass is 10.1. The first-order valence-corrected chi connectivity index (χ1v) is 10.6. The van der Waals surface area contributed by atoms with Crippen LogP contribution in [0.3, 0.4) is 0 Å². The Morgan fingerprint density at radius 3 is 2.52 bits per heavy atom. The second-order valence-electron chi connectivity index (χ2n) is 6.57. The maximum Gasteiger partial charge on any atom is 0.233 e. The van der Waals surface area contributed by atoms with E-state index in [1.54, 1.807) is 7.11 Å². The summed E-state index contributed by atoms with van der Waals surface area (Å²) in [7, 11) is 1.64. The van der Waals surface area contributed by atoms with Crippen molar-refractivity contribution in [2.75, 3.05) is 13.7 Å². The number of hydrogen-bond acceptors (Lipinski definition) is 5. The fourth-order valence-electron chi connectivity index (χ4n) is 2.94. The molecule has 3 rings (SSSR count). The average Bonchev–Trinajstić information content (AvgIpc) is 3.16. The number of thioether (sulfide) groups is 1. The number of hydrogen-bond donors (Lipinski definition) is 1. The molecule has 29 heavy (non-hydrogen) atoms. The topological polar surface area (TPSA) is 69.0 Å². The van der Waals surface area contributed by atoms with Crippen molar-refractivity contribution in [1.82, 2.24) is 20.1 Å². The molecule has 7 heteroatoms. The van der Waals surface area contributed by atoms with Gasteiger partial charge in [-0.3, -0.25) is 4.79 Å². The Hall–Kier alpha value is -2.80. The third-order valence-electron chi connectivity index (χ3n) is 4.59. The number of amides is 1. The van der Waals surface area contributed by atoms with Crippen molar-refractivity contribution >= 4 is 17.7 Å². The lowest BCUT2D eigenvalue weighted by molar-refractivity contribution is -0.120. The van der Waals surface area contributed by atoms with E-state index in [1.165, 1.54) is 17.3 Å². The summed E-state index contributed by atoms with van der Waals surface area (Å²) < 4.78 is 7.24. The van der Waals surface area contributed by atoms with Crippen LogP contribution in [-0.2, 0) is 17.8 Å². The van der Waals surface area contributed by atoms with Crippen LogP contribution in [0.2, 0.25) is 0 Å². The van der Waals surface area contributed by atoms with Crippen LogP contribution in [0.25, 0.3) is 11.4 Å². The molecule has 0 bridgehead atoms. The van der Waals surface area contributed by atoms with Gasteiger partial charge in [0.25, 0.3) is 0 Å². The highest BCUT2D eigenvalue weighted by Gasteiger charge is 2.20. The highest BCUT2D eigenvalue weighted by Crippen LogP contribution is 2.27. The van der Waals surface area contributed by atoms with Crippen molar-refractivity contribution in [2.45, 2.75) is 37.2 Å². The molecule has 1 N–H and O–H groups in total. The van der Waals surface area contributed by atoms with Gasteiger partial charge in [0, 0.05) is 18.7 Å². The third-order valence-corrected chi connectivity index (χ3v) is 5.67. The zero-order valence-corrected chi connectivity index (χ0v) is 17.8. The molecule has 0 aliphatic carbocycles. The van der Waals surface area contributed by atoms with E-state index in [0.717, 1.165) is 35.3 Å². The number of nitrogens with zero attached hydrogens (tertiary/aromatic N) is 3. The van der Waals surface area contributed by atoms with Crippen molar-refractivity contribution in [3.63, 3.8) is 0 Å². The predicted octanol–water partition coefficient (Wildman–Crippen LogP) is 3.81. The molecule has 3 aromatic rings. The van der Waals surface area contributed by atoms with Gasteiger partial charge in [0.1, 0.15) is 5.75 Å². The van der Waals surface area contributed by atoms with E-state index in [9.17, 15) is 4.79 Å². The smallest absolute Gasteiger partial charge is 0.233 e. The van der Waals surface area contributed by atoms with E-state index >= 15 is 0 Å². The van der Waals surface area contributed by atoms with E-state index in [0.29, 0.717) is 6.54 Å². The van der Waals surface area contributed by atoms with Gasteiger partial charge in [-0.25, -0.2) is 0 Å². The number of carbonyl (C=O) groups excluding carboxylic acids is 1. The minimum atomic E-state index is -0.260. The van der Waals surface area contributed by atoms with Crippen molar-refractivity contribution in [1.29, 1.82) is 0 Å². The lowest BCUT2D eigenvalue weighted by Crippen LogP contribution is -2.32. The second-order valence-corrected chi connectivity index (χ2v) is 7.87. The van der Waals surface area contributed by atoms with Crippen LogP contribution in [0.5, 0.6) is 5.75 Å². The van der Waals surface area contributed by atoms with Crippen molar-refractivity contribution < 1.29 is 9.53 Å². The van der Waals surface area contributed by atoms with E-state index in [1.807, 2.05) is 60.9 Å². The van der Waals surface area contributed by atoms with Gasteiger partial charge >= 0.3 is 0 Å². The standard InChI is InChI=1S/C22H26N4O2S/c1-4-26-20(18-10-12-19(28-3)13-11-18)24-25-22(26)29-16(2)21(27)23-15-14-17-8-6-5-7-9-17/h5-13,16H,4,14-15H2,1-3H3,(H,23,27)/t16-/m1/s1. The molecule has 0 fully saturated rings. The SMILES string of the molecule is CCn1c(S[C@H](C)C(=O)NCCc2ccccc2)nnc1-c1ccc(OC)cc1. The summed E-state index contributed by atoms with van der Waals surface area (Å²) in [6.45, 7) is 5.28. The molecule has 0 aliphatic heterocycles. The zero-order chi connectivity index (χ0) is 20.6. The Kier molecular flexibility index (Phi) is 7.30. The average molecular weight is 411 g/mol. The number of aromatic nitrogens is 3. The summed E-state index contributed by atoms with van der Waals surface area (Å²) in [5.41, 5.74) is 2.18. The number of ether oxygens (including phenoxy) is 1. The van der Waals surface area contributed by atoms with Gasteiger partial charge in [-0.1, -0.05) is 42.1 Å². The molecule has 1 atom stereocenters. The number of methoxy groups -OCH3 is 1. The molecule has 0 spiro atoms. The summed E-state index contributed by atoms with van der Waals surface area (Å²) in [6.07, 6.45) is 0.816. The van der Waals surface area contributed by atoms with E-state index in [4.69, 9.17) is 4.74 Å². The first-order chi connectivity index (χ1) is 14.1. The van der Waals surface area contributed by atoms with Crippen molar-refractivity contribution in [3.8, 4) is 17.1 Å². The largest absolute Gasteiger partial charge is 0.497 e. The van der Waals surface area contributed by atoms with Crippen LogP contribution in [0.15, 0.2) is 59.8 Å². The van der Waals surface area contributed by atoms with Gasteiger partial charge < -0.3 is 14.6 Å². The summed E-state index contributed by atoms with van der Waals surface area (Å²) in [4.78, 5) is 12.5. The molecule has 0 saturated heterocycles. The molecule has 1 aromatic heterocycles. The fraction of sp³-hybridized carbons (Fsp3) is 0.318. The number of nitrogens with one attached hydrogen (secondary N) is 1. The minimum absolute atomic E-state index is 0.00239. The van der Waals surface area contributed by atoms with Crippen LogP contribution in [-0.4, -0.2) is 39.6 Å². The normalized spacial score (nSPS) is 11.8. The Morgan fingerprint density at radius 1 is 1.14 bits per heavy atom. The van der Waals surface area contributed by atoms with Gasteiger partial charge in [0.2, 0.25) is 5.91 Å². The first kappa shape index (κ1) is 20.9. The van der Waals surface area contributed by atoms with Crippen molar-refractivity contribution in [3.05, 3.63) is 60.2 Å². The van der Waals surface area contributed by atoms with Gasteiger partial charge in [-0.05, 0) is 50.1 Å². The van der Waals surface area contributed by atoms with Crippen LogP contribution < -0.4 is 10.1 Å². The zero-order valence-electron chi connectivity index (χ0n) is 17.0. The van der Waals surface area contributed by atoms with Crippen molar-refractivity contribution in [2.24, 2.45) is 0 Å². The molecule has 152 valence electrons. The minimum Gasteiger partial charge on any atom is -0.497 e. The summed E-state index contributed by atoms with van der Waals surface area (Å²) in [6, 6.07) is 17.9. The van der Waals surface area contributed by atoms with E-state index in [2.05, 4.69) is 27.6 Å². The summed E-state index contributed by atoms with van der Waals surface area (Å²) in [5, 5.41) is 12.2. The Balaban J connectivity index is 1.61. The number of carbonyl (C=O) groups is 1. The molecular formula is C22H26N4O2S. The fourth-order valence-corrected chi connectivity index (χ4v) is 3.88. The third kappa shape index (κ3) is 5.38. The van der Waals surface area contributed by atoms with Gasteiger partial charge in [0.15, 0.2) is 11.0 Å². The maximum atomic E-state index is 12.5. The molecular weight excluding hydrogens is 384 g/mol. The molecule has 1 heterocycles. The monoisotopic (exact) mass is 410 g/mol. The highest BCUT2D eigenvalue weighted by atomic mass is 32.2. The molecule has 0 saturated carbocycles. The van der Waals surface area contributed by atoms with Crippen LogP contribution in [0.1, 0.15) is 19.4 Å². The molecule has 6 nitrogen and oxygen atoms in total. The van der Waals surface area contributed by atoms with Crippen LogP contribution in [0, 0.1) is 0 Å². The lowest BCUT2D eigenvalue weighted by Gasteiger charge is -2.13. The van der Waals surface area contributed by atoms with Gasteiger partial charge in [-0.2, -0.15) is 0 Å². The Morgan fingerprint density at radius 2 is 1.86 bits per heavy atom. The Bertz CT molecular complexity index is 926. The second kappa shape index (κ2) is 10.1. The quantitative estimate of drug-likeness (QED) is 0.543. The summed E-state index contributed by atoms with van der Waals surface area (Å²) >= 11 is 1.42. The predicted molar refractivity (Wildman–Crippen MR) is 116 cm³/mol. The molecule has 0 unspecified atom stereocenters. The Labute approximate surface area is 175 Å². The van der Waals surface area contributed by atoms with Gasteiger partial charge in [-0.15, -0.1) is 10.2 Å². The van der Waals surface area contributed by atoms with E-state index < -0.39 is 0 Å². The van der Waals surface area contributed by atoms with Crippen LogP contribution in [0.4, 0.5) is 0 Å². The molecule has 0 radical (unpaired) electrons. The molecule has 2 aromatic carbocycles. The van der Waals surface area contributed by atoms with E-state index in [-0.39, 0.29) is 11.2 Å². The van der Waals surface area contributed by atoms with Gasteiger partial charge in [0.05, 0.1) is 12.4 Å². The molecule has 0 aliphatic rings. The molecule has 1 amide bonds. The van der Waals surface area contributed by atoms with Crippen LogP contribution >= 0.6 is 11.8 Å². The maximum absolute atomic E-state index is 12.5. The number of rotatable bonds is 9. The number of benzene rings is 2. The first-order valence-electron chi connectivity index (χ1n) is 9.68. The summed E-state index contributed by atoms with van der Waals surface area (Å²) in [5.74, 6) is 1.59. The highest BCUT2D eigenvalue weighted by molar-refractivity contribution is 8.00.